The zero-order valence-electron chi connectivity index (χ0n) is 17.9. The molecule has 0 atom stereocenters. The van der Waals surface area contributed by atoms with Gasteiger partial charge in [0.15, 0.2) is 10.7 Å². The van der Waals surface area contributed by atoms with Crippen molar-refractivity contribution in [3.8, 4) is 17.2 Å². The molecule has 0 unspecified atom stereocenters. The van der Waals surface area contributed by atoms with Crippen molar-refractivity contribution in [3.63, 3.8) is 0 Å². The van der Waals surface area contributed by atoms with Gasteiger partial charge < -0.3 is 14.5 Å². The van der Waals surface area contributed by atoms with Crippen LogP contribution in [0.5, 0.6) is 5.75 Å². The number of carbonyl (C=O) groups is 1. The molecule has 2 N–H and O–H groups in total. The summed E-state index contributed by atoms with van der Waals surface area (Å²) in [6.07, 6.45) is 0. The number of rotatable bonds is 5. The molecule has 0 saturated carbocycles. The van der Waals surface area contributed by atoms with Gasteiger partial charge >= 0.3 is 0 Å². The zero-order chi connectivity index (χ0) is 24.4. The van der Waals surface area contributed by atoms with Crippen molar-refractivity contribution in [2.75, 3.05) is 12.4 Å². The molecule has 4 rings (SSSR count). The predicted molar refractivity (Wildman–Crippen MR) is 133 cm³/mol. The maximum Gasteiger partial charge on any atom is 0.273 e. The van der Waals surface area contributed by atoms with Crippen LogP contribution in [0.4, 0.5) is 11.4 Å². The van der Waals surface area contributed by atoms with Gasteiger partial charge in [0.25, 0.3) is 11.6 Å². The van der Waals surface area contributed by atoms with Gasteiger partial charge in [0.05, 0.1) is 17.1 Å². The van der Waals surface area contributed by atoms with E-state index in [0.717, 1.165) is 0 Å². The molecule has 9 nitrogen and oxygen atoms in total. The van der Waals surface area contributed by atoms with E-state index in [2.05, 4.69) is 15.6 Å². The molecular weight excluding hydrogens is 480 g/mol. The van der Waals surface area contributed by atoms with Crippen molar-refractivity contribution in [2.45, 2.75) is 6.92 Å². The number of nitrogens with zero attached hydrogens (tertiary/aromatic N) is 2. The van der Waals surface area contributed by atoms with Crippen molar-refractivity contribution in [3.05, 3.63) is 80.9 Å². The molecule has 0 aliphatic heterocycles. The van der Waals surface area contributed by atoms with E-state index in [-0.39, 0.29) is 21.9 Å². The van der Waals surface area contributed by atoms with Gasteiger partial charge in [0, 0.05) is 28.4 Å². The first kappa shape index (κ1) is 23.1. The Labute approximate surface area is 203 Å². The van der Waals surface area contributed by atoms with Crippen molar-refractivity contribution in [1.29, 1.82) is 0 Å². The van der Waals surface area contributed by atoms with E-state index in [1.165, 1.54) is 32.2 Å². The highest BCUT2D eigenvalue weighted by atomic mass is 35.5. The van der Waals surface area contributed by atoms with E-state index in [4.69, 9.17) is 33.0 Å². The van der Waals surface area contributed by atoms with E-state index in [0.29, 0.717) is 39.0 Å². The van der Waals surface area contributed by atoms with Crippen molar-refractivity contribution in [1.82, 2.24) is 10.3 Å². The van der Waals surface area contributed by atoms with Crippen LogP contribution in [0.1, 0.15) is 15.9 Å². The van der Waals surface area contributed by atoms with Gasteiger partial charge in [-0.3, -0.25) is 20.2 Å². The highest BCUT2D eigenvalue weighted by Gasteiger charge is 2.19. The molecule has 34 heavy (non-hydrogen) atoms. The summed E-state index contributed by atoms with van der Waals surface area (Å²) in [5, 5.41) is 17.0. The molecule has 0 radical (unpaired) electrons. The van der Waals surface area contributed by atoms with Crippen LogP contribution < -0.4 is 15.4 Å². The number of amides is 1. The van der Waals surface area contributed by atoms with Gasteiger partial charge in [-0.05, 0) is 61.6 Å². The summed E-state index contributed by atoms with van der Waals surface area (Å²) < 4.78 is 11.0. The lowest BCUT2D eigenvalue weighted by atomic mass is 10.1. The summed E-state index contributed by atoms with van der Waals surface area (Å²) in [5.41, 5.74) is 2.64. The molecule has 11 heteroatoms. The molecule has 172 valence electrons. The van der Waals surface area contributed by atoms with Gasteiger partial charge in [-0.2, -0.15) is 0 Å². The third-order valence-electron chi connectivity index (χ3n) is 5.02. The number of benzene rings is 3. The summed E-state index contributed by atoms with van der Waals surface area (Å²) in [6, 6.07) is 14.6. The highest BCUT2D eigenvalue weighted by molar-refractivity contribution is 7.80. The molecule has 3 aromatic carbocycles. The summed E-state index contributed by atoms with van der Waals surface area (Å²) in [7, 11) is 1.53. The standard InChI is InChI=1S/C23H17ClN4O5S/c1-12-15(4-3-5-18(12)28(30)31)21(29)27-23(34)25-14-7-9-20-17(11-14)26-22(33-20)13-6-8-19(32-2)16(24)10-13/h3-11H,1-2H3,(H2,25,27,29,34). The lowest BCUT2D eigenvalue weighted by molar-refractivity contribution is -0.385. The maximum absolute atomic E-state index is 12.6. The summed E-state index contributed by atoms with van der Waals surface area (Å²) >= 11 is 11.4. The van der Waals surface area contributed by atoms with Gasteiger partial charge in [-0.1, -0.05) is 17.7 Å². The second-order valence-electron chi connectivity index (χ2n) is 7.17. The Morgan fingerprint density at radius 1 is 1.21 bits per heavy atom. The topological polar surface area (TPSA) is 120 Å². The number of oxazole rings is 1. The van der Waals surface area contributed by atoms with Crippen LogP contribution in [0, 0.1) is 17.0 Å². The third-order valence-corrected chi connectivity index (χ3v) is 5.52. The second kappa shape index (κ2) is 9.46. The van der Waals surface area contributed by atoms with Crippen molar-refractivity contribution < 1.29 is 18.9 Å². The van der Waals surface area contributed by atoms with E-state index >= 15 is 0 Å². The Hall–Kier alpha value is -4.02. The number of thiocarbonyl (C=S) groups is 1. The molecular formula is C23H17ClN4O5S. The minimum Gasteiger partial charge on any atom is -0.495 e. The number of anilines is 1. The number of hydrogen-bond acceptors (Lipinski definition) is 7. The molecule has 0 fully saturated rings. The molecule has 0 aliphatic rings. The number of nitro benzene ring substituents is 1. The molecule has 0 spiro atoms. The van der Waals surface area contributed by atoms with E-state index < -0.39 is 10.8 Å². The normalized spacial score (nSPS) is 10.7. The minimum absolute atomic E-state index is 0.0286. The summed E-state index contributed by atoms with van der Waals surface area (Å²) in [4.78, 5) is 27.6. The fraction of sp³-hybridized carbons (Fsp3) is 0.0870. The number of ether oxygens (including phenoxy) is 1. The summed E-state index contributed by atoms with van der Waals surface area (Å²) in [6.45, 7) is 1.51. The fourth-order valence-corrected chi connectivity index (χ4v) is 3.80. The molecule has 0 saturated heterocycles. The minimum atomic E-state index is -0.556. The SMILES string of the molecule is COc1ccc(-c2nc3cc(NC(=S)NC(=O)c4cccc([N+](=O)[O-])c4C)ccc3o2)cc1Cl. The van der Waals surface area contributed by atoms with Crippen LogP contribution in [0.25, 0.3) is 22.6 Å². The number of carbonyl (C=O) groups excluding carboxylic acids is 1. The first-order chi connectivity index (χ1) is 16.3. The Kier molecular flexibility index (Phi) is 6.44. The van der Waals surface area contributed by atoms with E-state index in [9.17, 15) is 14.9 Å². The largest absolute Gasteiger partial charge is 0.495 e. The predicted octanol–water partition coefficient (Wildman–Crippen LogP) is 5.50. The zero-order valence-corrected chi connectivity index (χ0v) is 19.5. The molecule has 0 bridgehead atoms. The van der Waals surface area contributed by atoms with E-state index in [1.807, 2.05) is 0 Å². The first-order valence-corrected chi connectivity index (χ1v) is 10.7. The van der Waals surface area contributed by atoms with Gasteiger partial charge in [0.1, 0.15) is 11.3 Å². The Morgan fingerprint density at radius 2 is 2.00 bits per heavy atom. The van der Waals surface area contributed by atoms with Gasteiger partial charge in [0.2, 0.25) is 5.89 Å². The number of methoxy groups -OCH3 is 1. The maximum atomic E-state index is 12.6. The lowest BCUT2D eigenvalue weighted by Gasteiger charge is -2.11. The quantitative estimate of drug-likeness (QED) is 0.211. The fourth-order valence-electron chi connectivity index (χ4n) is 3.33. The van der Waals surface area contributed by atoms with Crippen molar-refractivity contribution >= 4 is 57.3 Å². The Morgan fingerprint density at radius 3 is 2.71 bits per heavy atom. The Bertz CT molecular complexity index is 1450. The van der Waals surface area contributed by atoms with Crippen LogP contribution >= 0.6 is 23.8 Å². The van der Waals surface area contributed by atoms with E-state index in [1.54, 1.807) is 36.4 Å². The smallest absolute Gasteiger partial charge is 0.273 e. The van der Waals surface area contributed by atoms with Crippen molar-refractivity contribution in [2.24, 2.45) is 0 Å². The molecule has 4 aromatic rings. The number of halogens is 1. The molecule has 1 heterocycles. The number of aromatic nitrogens is 1. The first-order valence-electron chi connectivity index (χ1n) is 9.87. The number of nitrogens with one attached hydrogen (secondary N) is 2. The van der Waals surface area contributed by atoms with Crippen LogP contribution in [0.3, 0.4) is 0 Å². The van der Waals surface area contributed by atoms with Crippen LogP contribution in [-0.4, -0.2) is 28.0 Å². The number of hydrogen-bond donors (Lipinski definition) is 2. The molecule has 0 aliphatic carbocycles. The lowest BCUT2D eigenvalue weighted by Crippen LogP contribution is -2.34. The molecule has 1 amide bonds. The number of nitro groups is 1. The molecule has 1 aromatic heterocycles. The van der Waals surface area contributed by atoms with Crippen LogP contribution in [-0.2, 0) is 0 Å². The van der Waals surface area contributed by atoms with Crippen LogP contribution in [0.15, 0.2) is 59.0 Å². The monoisotopic (exact) mass is 496 g/mol. The average Bonchev–Trinajstić information content (AvgIpc) is 3.22. The third kappa shape index (κ3) is 4.68. The average molecular weight is 497 g/mol. The van der Waals surface area contributed by atoms with Crippen LogP contribution in [0.2, 0.25) is 5.02 Å². The van der Waals surface area contributed by atoms with Gasteiger partial charge in [-0.25, -0.2) is 4.98 Å². The highest BCUT2D eigenvalue weighted by Crippen LogP contribution is 2.32. The number of fused-ring (bicyclic) bond motifs is 1. The van der Waals surface area contributed by atoms with Gasteiger partial charge in [-0.15, -0.1) is 0 Å². The Balaban J connectivity index is 1.50. The second-order valence-corrected chi connectivity index (χ2v) is 7.98. The summed E-state index contributed by atoms with van der Waals surface area (Å²) in [5.74, 6) is 0.373.